The van der Waals surface area contributed by atoms with E-state index in [9.17, 15) is 9.59 Å². The van der Waals surface area contributed by atoms with Crippen LogP contribution >= 0.6 is 0 Å². The molecule has 0 bridgehead atoms. The molecule has 2 heterocycles. The van der Waals surface area contributed by atoms with E-state index in [-0.39, 0.29) is 18.6 Å². The molecule has 1 atom stereocenters. The maximum absolute atomic E-state index is 13.4. The zero-order valence-corrected chi connectivity index (χ0v) is 18.9. The largest absolute Gasteiger partial charge is 0.461 e. The van der Waals surface area contributed by atoms with E-state index in [1.165, 1.54) is 16.0 Å². The summed E-state index contributed by atoms with van der Waals surface area (Å²) in [5.41, 5.74) is 4.44. The number of urea groups is 1. The number of carbonyl (C=O) groups is 2. The highest BCUT2D eigenvalue weighted by Crippen LogP contribution is 2.33. The molecule has 0 unspecified atom stereocenters. The first-order valence-corrected chi connectivity index (χ1v) is 11.3. The van der Waals surface area contributed by atoms with E-state index < -0.39 is 5.54 Å². The highest BCUT2D eigenvalue weighted by atomic mass is 16.3. The molecule has 1 aliphatic heterocycles. The van der Waals surface area contributed by atoms with Crippen LogP contribution in [-0.2, 0) is 36.1 Å². The van der Waals surface area contributed by atoms with E-state index in [0.29, 0.717) is 6.54 Å². The molecule has 6 heteroatoms. The van der Waals surface area contributed by atoms with Gasteiger partial charge in [-0.05, 0) is 56.0 Å². The standard InChI is InChI=1S/C26H29N3O3/c1-4-22-21(20-10-5-6-11-23(20)32-22)15-28(3)16-29-24(30)26(2,27-25(29)31)19-13-12-17-8-7-9-18(17)14-19/h5-6,10-14H,4,7-9,15-16H2,1-3H3,(H,27,31)/t26-/m1/s1. The molecule has 5 rings (SSSR count). The number of nitrogens with zero attached hydrogens (tertiary/aromatic N) is 2. The Morgan fingerprint density at radius 2 is 1.91 bits per heavy atom. The minimum Gasteiger partial charge on any atom is -0.461 e. The van der Waals surface area contributed by atoms with Gasteiger partial charge in [0.1, 0.15) is 16.9 Å². The molecular weight excluding hydrogens is 402 g/mol. The van der Waals surface area contributed by atoms with Gasteiger partial charge in [0.05, 0.1) is 6.67 Å². The Hall–Kier alpha value is -3.12. The van der Waals surface area contributed by atoms with E-state index in [1.807, 2.05) is 43.1 Å². The van der Waals surface area contributed by atoms with Crippen LogP contribution in [0.15, 0.2) is 46.9 Å². The highest BCUT2D eigenvalue weighted by Gasteiger charge is 2.49. The van der Waals surface area contributed by atoms with Crippen molar-refractivity contribution in [3.63, 3.8) is 0 Å². The van der Waals surface area contributed by atoms with E-state index in [0.717, 1.165) is 53.5 Å². The number of hydrogen-bond donors (Lipinski definition) is 1. The Morgan fingerprint density at radius 3 is 2.72 bits per heavy atom. The third-order valence-electron chi connectivity index (χ3n) is 6.86. The fourth-order valence-electron chi connectivity index (χ4n) is 5.07. The third-order valence-corrected chi connectivity index (χ3v) is 6.86. The second kappa shape index (κ2) is 7.78. The summed E-state index contributed by atoms with van der Waals surface area (Å²) in [7, 11) is 1.92. The third kappa shape index (κ3) is 3.30. The average Bonchev–Trinajstić information content (AvgIpc) is 3.45. The van der Waals surface area contributed by atoms with E-state index in [1.54, 1.807) is 0 Å². The molecule has 32 heavy (non-hydrogen) atoms. The van der Waals surface area contributed by atoms with Crippen LogP contribution in [0.2, 0.25) is 0 Å². The lowest BCUT2D eigenvalue weighted by Crippen LogP contribution is -2.43. The Kier molecular flexibility index (Phi) is 5.05. The van der Waals surface area contributed by atoms with Crippen molar-refractivity contribution in [2.24, 2.45) is 0 Å². The van der Waals surface area contributed by atoms with Crippen LogP contribution in [0.1, 0.15) is 48.3 Å². The van der Waals surface area contributed by atoms with Crippen molar-refractivity contribution in [2.75, 3.05) is 13.7 Å². The van der Waals surface area contributed by atoms with Crippen LogP contribution in [0.3, 0.4) is 0 Å². The van der Waals surface area contributed by atoms with Crippen LogP contribution in [0.4, 0.5) is 4.79 Å². The molecule has 1 fully saturated rings. The van der Waals surface area contributed by atoms with Gasteiger partial charge >= 0.3 is 6.03 Å². The van der Waals surface area contributed by atoms with Crippen LogP contribution < -0.4 is 5.32 Å². The van der Waals surface area contributed by atoms with Crippen molar-refractivity contribution < 1.29 is 14.0 Å². The highest BCUT2D eigenvalue weighted by molar-refractivity contribution is 6.07. The van der Waals surface area contributed by atoms with Crippen molar-refractivity contribution in [1.82, 2.24) is 15.1 Å². The number of nitrogens with one attached hydrogen (secondary N) is 1. The predicted molar refractivity (Wildman–Crippen MR) is 123 cm³/mol. The Labute approximate surface area is 188 Å². The fourth-order valence-corrected chi connectivity index (χ4v) is 5.07. The molecule has 0 saturated carbocycles. The SMILES string of the molecule is CCc1oc2ccccc2c1CN(C)CN1C(=O)N[C@](C)(c2ccc3c(c2)CCC3)C1=O. The van der Waals surface area contributed by atoms with Gasteiger partial charge in [-0.2, -0.15) is 0 Å². The number of rotatable bonds is 6. The van der Waals surface area contributed by atoms with Crippen molar-refractivity contribution in [3.05, 3.63) is 70.5 Å². The second-order valence-corrected chi connectivity index (χ2v) is 9.13. The summed E-state index contributed by atoms with van der Waals surface area (Å²) in [5, 5.41) is 4.03. The summed E-state index contributed by atoms with van der Waals surface area (Å²) in [4.78, 5) is 29.5. The summed E-state index contributed by atoms with van der Waals surface area (Å²) in [5.74, 6) is 0.735. The number of amides is 3. The van der Waals surface area contributed by atoms with Gasteiger partial charge in [0.2, 0.25) is 0 Å². The van der Waals surface area contributed by atoms with Gasteiger partial charge in [-0.15, -0.1) is 0 Å². The summed E-state index contributed by atoms with van der Waals surface area (Å²) in [6.07, 6.45) is 4.06. The first-order chi connectivity index (χ1) is 15.4. The first-order valence-electron chi connectivity index (χ1n) is 11.3. The molecule has 1 saturated heterocycles. The maximum atomic E-state index is 13.4. The summed E-state index contributed by atoms with van der Waals surface area (Å²) >= 11 is 0. The zero-order valence-electron chi connectivity index (χ0n) is 18.9. The number of furan rings is 1. The molecular formula is C26H29N3O3. The summed E-state index contributed by atoms with van der Waals surface area (Å²) in [6, 6.07) is 13.8. The van der Waals surface area contributed by atoms with Gasteiger partial charge in [0, 0.05) is 23.9 Å². The van der Waals surface area contributed by atoms with Crippen LogP contribution in [0.5, 0.6) is 0 Å². The molecule has 0 spiro atoms. The molecule has 3 aromatic rings. The minimum absolute atomic E-state index is 0.208. The van der Waals surface area contributed by atoms with Gasteiger partial charge in [0.25, 0.3) is 5.91 Å². The van der Waals surface area contributed by atoms with Gasteiger partial charge in [-0.25, -0.2) is 9.69 Å². The van der Waals surface area contributed by atoms with Crippen molar-refractivity contribution in [1.29, 1.82) is 0 Å². The second-order valence-electron chi connectivity index (χ2n) is 9.13. The molecule has 2 aromatic carbocycles. The molecule has 3 amide bonds. The number of fused-ring (bicyclic) bond motifs is 2. The van der Waals surface area contributed by atoms with Crippen molar-refractivity contribution >= 4 is 22.9 Å². The zero-order chi connectivity index (χ0) is 22.5. The molecule has 1 aromatic heterocycles. The number of benzene rings is 2. The smallest absolute Gasteiger partial charge is 0.326 e. The molecule has 2 aliphatic rings. The Bertz CT molecular complexity index is 1210. The first kappa shape index (κ1) is 20.8. The van der Waals surface area contributed by atoms with Crippen molar-refractivity contribution in [2.45, 2.75) is 51.6 Å². The van der Waals surface area contributed by atoms with Gasteiger partial charge in [0.15, 0.2) is 0 Å². The normalized spacial score (nSPS) is 20.4. The van der Waals surface area contributed by atoms with E-state index in [4.69, 9.17) is 4.42 Å². The Morgan fingerprint density at radius 1 is 1.12 bits per heavy atom. The van der Waals surface area contributed by atoms with E-state index >= 15 is 0 Å². The van der Waals surface area contributed by atoms with Crippen LogP contribution in [-0.4, -0.2) is 35.5 Å². The van der Waals surface area contributed by atoms with Gasteiger partial charge in [-0.3, -0.25) is 9.69 Å². The lowest BCUT2D eigenvalue weighted by molar-refractivity contribution is -0.132. The lowest BCUT2D eigenvalue weighted by atomic mass is 9.90. The molecule has 1 aliphatic carbocycles. The molecule has 166 valence electrons. The molecule has 0 radical (unpaired) electrons. The lowest BCUT2D eigenvalue weighted by Gasteiger charge is -2.25. The fraction of sp³-hybridized carbons (Fsp3) is 0.385. The number of hydrogen-bond acceptors (Lipinski definition) is 4. The van der Waals surface area contributed by atoms with Gasteiger partial charge in [-0.1, -0.05) is 43.3 Å². The molecule has 1 N–H and O–H groups in total. The predicted octanol–water partition coefficient (Wildman–Crippen LogP) is 4.34. The number of carbonyl (C=O) groups excluding carboxylic acids is 2. The number of aryl methyl sites for hydroxylation is 3. The Balaban J connectivity index is 1.36. The van der Waals surface area contributed by atoms with Crippen LogP contribution in [0, 0.1) is 0 Å². The van der Waals surface area contributed by atoms with Crippen molar-refractivity contribution in [3.8, 4) is 0 Å². The van der Waals surface area contributed by atoms with Crippen LogP contribution in [0.25, 0.3) is 11.0 Å². The topological polar surface area (TPSA) is 65.8 Å². The minimum atomic E-state index is -1.04. The van der Waals surface area contributed by atoms with E-state index in [2.05, 4.69) is 30.4 Å². The quantitative estimate of drug-likeness (QED) is 0.590. The summed E-state index contributed by atoms with van der Waals surface area (Å²) in [6.45, 7) is 4.68. The monoisotopic (exact) mass is 431 g/mol. The summed E-state index contributed by atoms with van der Waals surface area (Å²) < 4.78 is 6.00. The maximum Gasteiger partial charge on any atom is 0.326 e. The number of para-hydroxylation sites is 1. The number of imide groups is 1. The average molecular weight is 432 g/mol. The van der Waals surface area contributed by atoms with Gasteiger partial charge < -0.3 is 9.73 Å². The molecule has 6 nitrogen and oxygen atoms in total.